The summed E-state index contributed by atoms with van der Waals surface area (Å²) in [4.78, 5) is 28.0. The summed E-state index contributed by atoms with van der Waals surface area (Å²) in [7, 11) is 1.47. The first-order valence-corrected chi connectivity index (χ1v) is 7.40. The molecule has 0 aliphatic heterocycles. The number of benzene rings is 1. The van der Waals surface area contributed by atoms with E-state index in [-0.39, 0.29) is 17.5 Å². The zero-order chi connectivity index (χ0) is 17.8. The second-order valence-electron chi connectivity index (χ2n) is 4.77. The van der Waals surface area contributed by atoms with E-state index < -0.39 is 11.8 Å². The lowest BCUT2D eigenvalue weighted by atomic mass is 10.3. The van der Waals surface area contributed by atoms with Crippen molar-refractivity contribution in [2.75, 3.05) is 17.7 Å². The van der Waals surface area contributed by atoms with E-state index in [1.54, 1.807) is 18.2 Å². The first-order chi connectivity index (χ1) is 12.1. The lowest BCUT2D eigenvalue weighted by molar-refractivity contribution is 0.0990. The summed E-state index contributed by atoms with van der Waals surface area (Å²) < 4.78 is 15.2. The molecule has 0 atom stereocenters. The van der Waals surface area contributed by atoms with Crippen LogP contribution in [0.1, 0.15) is 21.0 Å². The predicted octanol–water partition coefficient (Wildman–Crippen LogP) is 3.43. The topological polar surface area (TPSA) is 107 Å². The fraction of sp³-hybridized carbons (Fsp3) is 0.0625. The van der Waals surface area contributed by atoms with Gasteiger partial charge in [0.2, 0.25) is 0 Å². The molecular weight excluding hydrogens is 350 g/mol. The molecule has 0 saturated heterocycles. The molecule has 0 bridgehead atoms. The number of hydrogen-bond donors (Lipinski definition) is 2. The van der Waals surface area contributed by atoms with Crippen molar-refractivity contribution in [1.29, 1.82) is 0 Å². The van der Waals surface area contributed by atoms with E-state index in [0.29, 0.717) is 16.5 Å². The van der Waals surface area contributed by atoms with Crippen molar-refractivity contribution in [3.05, 3.63) is 59.3 Å². The summed E-state index contributed by atoms with van der Waals surface area (Å²) in [5.74, 6) is -0.571. The van der Waals surface area contributed by atoms with E-state index in [2.05, 4.69) is 15.6 Å². The van der Waals surface area contributed by atoms with Crippen LogP contribution in [0.5, 0.6) is 5.75 Å². The van der Waals surface area contributed by atoms with Gasteiger partial charge in [-0.05, 0) is 30.3 Å². The van der Waals surface area contributed by atoms with E-state index >= 15 is 0 Å². The second kappa shape index (κ2) is 7.10. The summed E-state index contributed by atoms with van der Waals surface area (Å²) in [5, 5.41) is 5.42. The van der Waals surface area contributed by atoms with E-state index in [9.17, 15) is 9.59 Å². The highest BCUT2D eigenvalue weighted by atomic mass is 35.5. The van der Waals surface area contributed by atoms with Crippen LogP contribution in [0, 0.1) is 0 Å². The minimum absolute atomic E-state index is 0.0308. The van der Waals surface area contributed by atoms with Gasteiger partial charge in [0.15, 0.2) is 11.5 Å². The number of anilines is 2. The van der Waals surface area contributed by atoms with Crippen molar-refractivity contribution < 1.29 is 23.2 Å². The molecule has 0 aliphatic rings. The molecule has 128 valence electrons. The Kier molecular flexibility index (Phi) is 4.71. The highest BCUT2D eigenvalue weighted by Gasteiger charge is 2.17. The largest absolute Gasteiger partial charge is 0.495 e. The van der Waals surface area contributed by atoms with Gasteiger partial charge in [0.25, 0.3) is 11.8 Å². The molecule has 0 unspecified atom stereocenters. The fourth-order valence-electron chi connectivity index (χ4n) is 1.97. The van der Waals surface area contributed by atoms with Crippen LogP contribution in [-0.2, 0) is 0 Å². The van der Waals surface area contributed by atoms with Crippen molar-refractivity contribution in [2.24, 2.45) is 0 Å². The average molecular weight is 362 g/mol. The standard InChI is InChI=1S/C16H12ClN3O5/c1-23-12-5-4-9(17)7-10(12)18-14(21)11-8-25-16(19-11)20-15(22)13-3-2-6-24-13/h2-8H,1H3,(H,18,21)(H,19,20,22). The predicted molar refractivity (Wildman–Crippen MR) is 89.1 cm³/mol. The van der Waals surface area contributed by atoms with Gasteiger partial charge in [-0.25, -0.2) is 0 Å². The smallest absolute Gasteiger partial charge is 0.302 e. The van der Waals surface area contributed by atoms with Crippen molar-refractivity contribution in [3.63, 3.8) is 0 Å². The lowest BCUT2D eigenvalue weighted by Crippen LogP contribution is -2.14. The van der Waals surface area contributed by atoms with Crippen LogP contribution in [0.2, 0.25) is 5.02 Å². The molecular formula is C16H12ClN3O5. The molecule has 1 aromatic carbocycles. The minimum atomic E-state index is -0.553. The highest BCUT2D eigenvalue weighted by molar-refractivity contribution is 6.31. The van der Waals surface area contributed by atoms with E-state index in [1.807, 2.05) is 0 Å². The molecule has 2 N–H and O–H groups in total. The van der Waals surface area contributed by atoms with Gasteiger partial charge < -0.3 is 18.9 Å². The van der Waals surface area contributed by atoms with Gasteiger partial charge in [-0.15, -0.1) is 0 Å². The van der Waals surface area contributed by atoms with E-state index in [4.69, 9.17) is 25.2 Å². The number of nitrogens with zero attached hydrogens (tertiary/aromatic N) is 1. The number of furan rings is 1. The molecule has 2 amide bonds. The second-order valence-corrected chi connectivity index (χ2v) is 5.20. The molecule has 25 heavy (non-hydrogen) atoms. The lowest BCUT2D eigenvalue weighted by Gasteiger charge is -2.09. The van der Waals surface area contributed by atoms with Gasteiger partial charge in [0, 0.05) is 5.02 Å². The van der Waals surface area contributed by atoms with E-state index in [1.165, 1.54) is 25.5 Å². The Morgan fingerprint density at radius 3 is 2.72 bits per heavy atom. The maximum atomic E-state index is 12.3. The molecule has 9 heteroatoms. The maximum Gasteiger partial charge on any atom is 0.302 e. The Morgan fingerprint density at radius 2 is 2.00 bits per heavy atom. The van der Waals surface area contributed by atoms with Crippen LogP contribution in [0.4, 0.5) is 11.7 Å². The van der Waals surface area contributed by atoms with Crippen LogP contribution in [0.15, 0.2) is 51.7 Å². The number of amides is 2. The van der Waals surface area contributed by atoms with Crippen LogP contribution < -0.4 is 15.4 Å². The number of hydrogen-bond acceptors (Lipinski definition) is 6. The Morgan fingerprint density at radius 1 is 1.16 bits per heavy atom. The van der Waals surface area contributed by atoms with Crippen LogP contribution in [-0.4, -0.2) is 23.9 Å². The zero-order valence-electron chi connectivity index (χ0n) is 12.9. The molecule has 2 aromatic heterocycles. The molecule has 3 aromatic rings. The van der Waals surface area contributed by atoms with Crippen molar-refractivity contribution >= 4 is 35.1 Å². The third kappa shape index (κ3) is 3.81. The zero-order valence-corrected chi connectivity index (χ0v) is 13.7. The summed E-state index contributed by atoms with van der Waals surface area (Å²) in [5.41, 5.74) is 0.348. The maximum absolute atomic E-state index is 12.3. The first kappa shape index (κ1) is 16.6. The van der Waals surface area contributed by atoms with Gasteiger partial charge in [-0.3, -0.25) is 14.9 Å². The fourth-order valence-corrected chi connectivity index (χ4v) is 2.14. The highest BCUT2D eigenvalue weighted by Crippen LogP contribution is 2.28. The monoisotopic (exact) mass is 361 g/mol. The number of oxazole rings is 1. The Balaban J connectivity index is 1.71. The van der Waals surface area contributed by atoms with Gasteiger partial charge in [0.1, 0.15) is 12.0 Å². The number of rotatable bonds is 5. The molecule has 0 saturated carbocycles. The normalized spacial score (nSPS) is 10.3. The average Bonchev–Trinajstić information content (AvgIpc) is 3.27. The third-order valence-corrected chi connectivity index (χ3v) is 3.35. The summed E-state index contributed by atoms with van der Waals surface area (Å²) in [6.45, 7) is 0. The number of halogens is 1. The molecule has 2 heterocycles. The molecule has 0 fully saturated rings. The van der Waals surface area contributed by atoms with E-state index in [0.717, 1.165) is 6.26 Å². The minimum Gasteiger partial charge on any atom is -0.495 e. The van der Waals surface area contributed by atoms with Gasteiger partial charge in [-0.1, -0.05) is 11.6 Å². The molecule has 0 aliphatic carbocycles. The van der Waals surface area contributed by atoms with Gasteiger partial charge in [-0.2, -0.15) is 4.98 Å². The van der Waals surface area contributed by atoms with Gasteiger partial charge in [0.05, 0.1) is 19.1 Å². The number of ether oxygens (including phenoxy) is 1. The van der Waals surface area contributed by atoms with Crippen molar-refractivity contribution in [1.82, 2.24) is 4.98 Å². The Hall–Kier alpha value is -3.26. The summed E-state index contributed by atoms with van der Waals surface area (Å²) in [6.07, 6.45) is 2.48. The Labute approximate surface area is 146 Å². The number of methoxy groups -OCH3 is 1. The Bertz CT molecular complexity index is 904. The van der Waals surface area contributed by atoms with Crippen LogP contribution in [0.25, 0.3) is 0 Å². The van der Waals surface area contributed by atoms with Gasteiger partial charge >= 0.3 is 6.01 Å². The summed E-state index contributed by atoms with van der Waals surface area (Å²) >= 11 is 5.92. The molecule has 0 spiro atoms. The quantitative estimate of drug-likeness (QED) is 0.721. The van der Waals surface area contributed by atoms with Crippen LogP contribution >= 0.6 is 11.6 Å². The third-order valence-electron chi connectivity index (χ3n) is 3.11. The molecule has 3 rings (SSSR count). The number of nitrogens with one attached hydrogen (secondary N) is 2. The van der Waals surface area contributed by atoms with Crippen LogP contribution in [0.3, 0.4) is 0 Å². The first-order valence-electron chi connectivity index (χ1n) is 7.02. The summed E-state index contributed by atoms with van der Waals surface area (Å²) in [6, 6.07) is 7.71. The number of carbonyl (C=O) groups excluding carboxylic acids is 2. The number of carbonyl (C=O) groups is 2. The SMILES string of the molecule is COc1ccc(Cl)cc1NC(=O)c1coc(NC(=O)c2ccco2)n1. The molecule has 0 radical (unpaired) electrons. The molecule has 8 nitrogen and oxygen atoms in total. The van der Waals surface area contributed by atoms with Crippen molar-refractivity contribution in [2.45, 2.75) is 0 Å². The van der Waals surface area contributed by atoms with Crippen molar-refractivity contribution in [3.8, 4) is 5.75 Å². The number of aromatic nitrogens is 1.